The molecule has 0 spiro atoms. The maximum Gasteiger partial charge on any atom is 0.0784 e. The summed E-state index contributed by atoms with van der Waals surface area (Å²) >= 11 is 0. The average molecular weight is 252 g/mol. The van der Waals surface area contributed by atoms with Crippen LogP contribution in [0.3, 0.4) is 0 Å². The highest BCUT2D eigenvalue weighted by molar-refractivity contribution is 6.89. The summed E-state index contributed by atoms with van der Waals surface area (Å²) in [6.45, 7) is 11.1. The summed E-state index contributed by atoms with van der Waals surface area (Å²) in [4.78, 5) is 0. The number of hydrogen-bond acceptors (Lipinski definition) is 0. The second kappa shape index (κ2) is 4.95. The summed E-state index contributed by atoms with van der Waals surface area (Å²) in [5.41, 5.74) is 3.88. The van der Waals surface area contributed by atoms with Gasteiger partial charge in [0.2, 0.25) is 0 Å². The van der Waals surface area contributed by atoms with Gasteiger partial charge in [0.1, 0.15) is 0 Å². The topological polar surface area (TPSA) is 0 Å². The molecule has 0 aliphatic carbocycles. The monoisotopic (exact) mass is 252 g/mol. The average Bonchev–Trinajstić information content (AvgIpc) is 2.37. The Balaban J connectivity index is 2.68. The first-order valence-corrected chi connectivity index (χ1v) is 9.85. The molecular formula is C17H20Si. The molecule has 0 saturated heterocycles. The van der Waals surface area contributed by atoms with E-state index >= 15 is 0 Å². The van der Waals surface area contributed by atoms with Gasteiger partial charge in [-0.05, 0) is 16.7 Å². The van der Waals surface area contributed by atoms with Crippen molar-refractivity contribution in [3.05, 3.63) is 60.7 Å². The van der Waals surface area contributed by atoms with Gasteiger partial charge >= 0.3 is 0 Å². The standard InChI is InChI=1S/C17H20Si/c1-5-14-10-6-7-11-15(14)16-12-8-9-13-17(16)18(2,3)4/h5-13H,1H2,2-4H3. The fraction of sp³-hybridized carbons (Fsp3) is 0.176. The molecule has 0 fully saturated rings. The van der Waals surface area contributed by atoms with Gasteiger partial charge < -0.3 is 0 Å². The van der Waals surface area contributed by atoms with Crippen molar-refractivity contribution in [1.29, 1.82) is 0 Å². The molecule has 0 nitrogen and oxygen atoms in total. The molecule has 2 aromatic carbocycles. The lowest BCUT2D eigenvalue weighted by Crippen LogP contribution is -2.38. The van der Waals surface area contributed by atoms with Crippen LogP contribution in [0.1, 0.15) is 5.56 Å². The molecule has 0 radical (unpaired) electrons. The van der Waals surface area contributed by atoms with Crippen molar-refractivity contribution in [2.45, 2.75) is 19.6 Å². The van der Waals surface area contributed by atoms with E-state index < -0.39 is 8.07 Å². The van der Waals surface area contributed by atoms with Crippen LogP contribution >= 0.6 is 0 Å². The Kier molecular flexibility index (Phi) is 3.53. The van der Waals surface area contributed by atoms with E-state index in [0.717, 1.165) is 0 Å². The molecule has 0 unspecified atom stereocenters. The van der Waals surface area contributed by atoms with Crippen LogP contribution in [0.4, 0.5) is 0 Å². The zero-order chi connectivity index (χ0) is 13.2. The van der Waals surface area contributed by atoms with Gasteiger partial charge in [0.15, 0.2) is 0 Å². The maximum atomic E-state index is 3.92. The minimum atomic E-state index is -1.33. The summed E-state index contributed by atoms with van der Waals surface area (Å²) in [5, 5.41) is 1.51. The lowest BCUT2D eigenvalue weighted by Gasteiger charge is -2.22. The summed E-state index contributed by atoms with van der Waals surface area (Å²) < 4.78 is 0. The van der Waals surface area contributed by atoms with Crippen LogP contribution in [0.5, 0.6) is 0 Å². The fourth-order valence-corrected chi connectivity index (χ4v) is 3.91. The van der Waals surface area contributed by atoms with E-state index in [9.17, 15) is 0 Å². The summed E-state index contributed by atoms with van der Waals surface area (Å²) in [6.07, 6.45) is 1.94. The summed E-state index contributed by atoms with van der Waals surface area (Å²) in [6, 6.07) is 17.3. The molecule has 0 heterocycles. The van der Waals surface area contributed by atoms with Gasteiger partial charge in [0.25, 0.3) is 0 Å². The van der Waals surface area contributed by atoms with Crippen molar-refractivity contribution < 1.29 is 0 Å². The molecule has 1 heteroatoms. The first-order valence-electron chi connectivity index (χ1n) is 6.35. The van der Waals surface area contributed by atoms with Crippen molar-refractivity contribution in [2.24, 2.45) is 0 Å². The molecule has 0 atom stereocenters. The fourth-order valence-electron chi connectivity index (χ4n) is 2.29. The third-order valence-corrected chi connectivity index (χ3v) is 5.26. The van der Waals surface area contributed by atoms with Crippen LogP contribution in [0.15, 0.2) is 55.1 Å². The Morgan fingerprint density at radius 2 is 1.39 bits per heavy atom. The molecule has 2 rings (SSSR count). The third kappa shape index (κ3) is 2.46. The SMILES string of the molecule is C=Cc1ccccc1-c1ccccc1[Si](C)(C)C. The molecule has 0 aliphatic heterocycles. The van der Waals surface area contributed by atoms with E-state index in [4.69, 9.17) is 0 Å². The normalized spacial score (nSPS) is 11.3. The van der Waals surface area contributed by atoms with Gasteiger partial charge in [-0.1, -0.05) is 86.0 Å². The first kappa shape index (κ1) is 12.8. The van der Waals surface area contributed by atoms with Crippen molar-refractivity contribution in [3.63, 3.8) is 0 Å². The molecule has 2 aromatic rings. The van der Waals surface area contributed by atoms with Crippen molar-refractivity contribution in [2.75, 3.05) is 0 Å². The lowest BCUT2D eigenvalue weighted by molar-refractivity contribution is 1.59. The Morgan fingerprint density at radius 3 is 2.00 bits per heavy atom. The Morgan fingerprint density at radius 1 is 0.833 bits per heavy atom. The van der Waals surface area contributed by atoms with Crippen LogP contribution in [0.2, 0.25) is 19.6 Å². The second-order valence-electron chi connectivity index (χ2n) is 5.59. The first-order chi connectivity index (χ1) is 8.54. The van der Waals surface area contributed by atoms with Gasteiger partial charge in [0, 0.05) is 0 Å². The van der Waals surface area contributed by atoms with E-state index in [2.05, 4.69) is 74.8 Å². The maximum absolute atomic E-state index is 3.92. The molecule has 0 bridgehead atoms. The Bertz CT molecular complexity index is 562. The lowest BCUT2D eigenvalue weighted by atomic mass is 10.00. The predicted molar refractivity (Wildman–Crippen MR) is 84.9 cm³/mol. The third-order valence-electron chi connectivity index (χ3n) is 3.21. The number of hydrogen-bond donors (Lipinski definition) is 0. The molecule has 0 saturated carbocycles. The predicted octanol–water partition coefficient (Wildman–Crippen LogP) is 4.54. The van der Waals surface area contributed by atoms with Gasteiger partial charge in [-0.3, -0.25) is 0 Å². The Hall–Kier alpha value is -1.60. The second-order valence-corrected chi connectivity index (χ2v) is 10.6. The van der Waals surface area contributed by atoms with Crippen molar-refractivity contribution in [1.82, 2.24) is 0 Å². The zero-order valence-electron chi connectivity index (χ0n) is 11.4. The van der Waals surface area contributed by atoms with Crippen molar-refractivity contribution in [3.8, 4) is 11.1 Å². The number of rotatable bonds is 3. The van der Waals surface area contributed by atoms with E-state index in [-0.39, 0.29) is 0 Å². The van der Waals surface area contributed by atoms with Crippen LogP contribution in [-0.4, -0.2) is 8.07 Å². The molecule has 18 heavy (non-hydrogen) atoms. The largest absolute Gasteiger partial charge is 0.0984 e. The van der Waals surface area contributed by atoms with Gasteiger partial charge in [-0.25, -0.2) is 0 Å². The van der Waals surface area contributed by atoms with Crippen LogP contribution in [0.25, 0.3) is 17.2 Å². The van der Waals surface area contributed by atoms with E-state index in [1.54, 1.807) is 0 Å². The highest BCUT2D eigenvalue weighted by Gasteiger charge is 2.20. The summed E-state index contributed by atoms with van der Waals surface area (Å²) in [5.74, 6) is 0. The Labute approximate surface area is 111 Å². The minimum Gasteiger partial charge on any atom is -0.0984 e. The van der Waals surface area contributed by atoms with Gasteiger partial charge in [-0.15, -0.1) is 0 Å². The van der Waals surface area contributed by atoms with E-state index in [1.165, 1.54) is 21.9 Å². The van der Waals surface area contributed by atoms with Crippen LogP contribution in [0, 0.1) is 0 Å². The molecule has 0 aliphatic rings. The zero-order valence-corrected chi connectivity index (χ0v) is 12.4. The quantitative estimate of drug-likeness (QED) is 0.703. The van der Waals surface area contributed by atoms with Crippen LogP contribution in [-0.2, 0) is 0 Å². The molecule has 92 valence electrons. The van der Waals surface area contributed by atoms with Crippen LogP contribution < -0.4 is 5.19 Å². The highest BCUT2D eigenvalue weighted by Crippen LogP contribution is 2.25. The molecule has 0 N–H and O–H groups in total. The van der Waals surface area contributed by atoms with Crippen molar-refractivity contribution >= 4 is 19.3 Å². The smallest absolute Gasteiger partial charge is 0.0784 e. The summed E-state index contributed by atoms with van der Waals surface area (Å²) in [7, 11) is -1.33. The molecule has 0 amide bonds. The highest BCUT2D eigenvalue weighted by atomic mass is 28.3. The van der Waals surface area contributed by atoms with Gasteiger partial charge in [0.05, 0.1) is 8.07 Å². The van der Waals surface area contributed by atoms with E-state index in [1.807, 2.05) is 6.08 Å². The van der Waals surface area contributed by atoms with E-state index in [0.29, 0.717) is 0 Å². The molecular weight excluding hydrogens is 232 g/mol. The molecule has 0 aromatic heterocycles. The number of benzene rings is 2. The minimum absolute atomic E-state index is 1.21. The van der Waals surface area contributed by atoms with Gasteiger partial charge in [-0.2, -0.15) is 0 Å².